The predicted molar refractivity (Wildman–Crippen MR) is 92.5 cm³/mol. The minimum atomic E-state index is -0.332. The van der Waals surface area contributed by atoms with Gasteiger partial charge in [-0.2, -0.15) is 0 Å². The Morgan fingerprint density at radius 1 is 1.04 bits per heavy atom. The minimum Gasteiger partial charge on any atom is -0.493 e. The normalized spacial score (nSPS) is 9.78. The van der Waals surface area contributed by atoms with Crippen molar-refractivity contribution in [2.24, 2.45) is 0 Å². The van der Waals surface area contributed by atoms with Crippen LogP contribution >= 0.6 is 12.2 Å². The number of carbonyl (C=O) groups is 1. The molecule has 2 aromatic carbocycles. The molecule has 0 aliphatic rings. The molecule has 1 amide bonds. The molecule has 0 heterocycles. The number of para-hydroxylation sites is 2. The van der Waals surface area contributed by atoms with E-state index in [0.717, 1.165) is 5.56 Å². The zero-order valence-corrected chi connectivity index (χ0v) is 13.6. The van der Waals surface area contributed by atoms with Crippen molar-refractivity contribution in [3.8, 4) is 11.5 Å². The van der Waals surface area contributed by atoms with Crippen LogP contribution in [0.5, 0.6) is 11.5 Å². The van der Waals surface area contributed by atoms with Crippen molar-refractivity contribution in [3.63, 3.8) is 0 Å². The Bertz CT molecular complexity index is 662. The molecule has 0 bridgehead atoms. The van der Waals surface area contributed by atoms with E-state index >= 15 is 0 Å². The van der Waals surface area contributed by atoms with Gasteiger partial charge in [0.05, 0.1) is 7.11 Å². The third-order valence-corrected chi connectivity index (χ3v) is 3.22. The van der Waals surface area contributed by atoms with Gasteiger partial charge in [-0.3, -0.25) is 4.79 Å². The van der Waals surface area contributed by atoms with E-state index in [1.165, 1.54) is 0 Å². The molecule has 0 aliphatic carbocycles. The second-order valence-electron chi connectivity index (χ2n) is 4.66. The minimum absolute atomic E-state index is 0.145. The fraction of sp³-hybridized carbons (Fsp3) is 0.176. The van der Waals surface area contributed by atoms with Gasteiger partial charge in [0.15, 0.2) is 23.2 Å². The van der Waals surface area contributed by atoms with Crippen molar-refractivity contribution in [1.29, 1.82) is 0 Å². The molecule has 5 nitrogen and oxygen atoms in total. The molecule has 0 atom stereocenters. The van der Waals surface area contributed by atoms with E-state index in [1.807, 2.05) is 42.5 Å². The number of amides is 1. The molecule has 0 aromatic heterocycles. The number of methoxy groups -OCH3 is 1. The Labute approximate surface area is 140 Å². The van der Waals surface area contributed by atoms with Crippen LogP contribution in [0.1, 0.15) is 5.56 Å². The van der Waals surface area contributed by atoms with Crippen molar-refractivity contribution in [3.05, 3.63) is 60.2 Å². The van der Waals surface area contributed by atoms with E-state index in [0.29, 0.717) is 18.0 Å². The van der Waals surface area contributed by atoms with E-state index in [1.54, 1.807) is 19.2 Å². The lowest BCUT2D eigenvalue weighted by atomic mass is 10.2. The average Bonchev–Trinajstić information content (AvgIpc) is 2.59. The van der Waals surface area contributed by atoms with Crippen LogP contribution in [0.4, 0.5) is 0 Å². The van der Waals surface area contributed by atoms with Crippen molar-refractivity contribution >= 4 is 23.2 Å². The quantitative estimate of drug-likeness (QED) is 0.796. The lowest BCUT2D eigenvalue weighted by Gasteiger charge is -2.12. The van der Waals surface area contributed by atoms with Crippen LogP contribution in [-0.2, 0) is 11.3 Å². The molecule has 0 aliphatic heterocycles. The van der Waals surface area contributed by atoms with Crippen molar-refractivity contribution in [2.45, 2.75) is 6.54 Å². The van der Waals surface area contributed by atoms with Crippen molar-refractivity contribution in [2.75, 3.05) is 13.7 Å². The summed E-state index contributed by atoms with van der Waals surface area (Å²) in [5.74, 6) is 0.750. The van der Waals surface area contributed by atoms with E-state index in [-0.39, 0.29) is 17.6 Å². The van der Waals surface area contributed by atoms with Gasteiger partial charge in [-0.15, -0.1) is 0 Å². The number of carbonyl (C=O) groups excluding carboxylic acids is 1. The summed E-state index contributed by atoms with van der Waals surface area (Å²) in [6, 6.07) is 16.9. The summed E-state index contributed by atoms with van der Waals surface area (Å²) in [7, 11) is 1.55. The number of hydrogen-bond donors (Lipinski definition) is 2. The van der Waals surface area contributed by atoms with Crippen LogP contribution in [0.2, 0.25) is 0 Å². The molecule has 0 spiro atoms. The molecule has 0 saturated carbocycles. The first kappa shape index (κ1) is 16.8. The molecule has 2 rings (SSSR count). The Hall–Kier alpha value is -2.60. The average molecular weight is 330 g/mol. The van der Waals surface area contributed by atoms with E-state index < -0.39 is 0 Å². The maximum absolute atomic E-state index is 11.8. The van der Waals surface area contributed by atoms with Gasteiger partial charge in [-0.1, -0.05) is 42.5 Å². The molecule has 0 fully saturated rings. The summed E-state index contributed by atoms with van der Waals surface area (Å²) < 4.78 is 10.6. The summed E-state index contributed by atoms with van der Waals surface area (Å²) in [4.78, 5) is 11.8. The van der Waals surface area contributed by atoms with Gasteiger partial charge in [0.25, 0.3) is 5.91 Å². The highest BCUT2D eigenvalue weighted by Crippen LogP contribution is 2.25. The van der Waals surface area contributed by atoms with Gasteiger partial charge in [0.1, 0.15) is 0 Å². The molecule has 2 N–H and O–H groups in total. The number of nitrogens with one attached hydrogen (secondary N) is 2. The molecule has 6 heteroatoms. The fourth-order valence-corrected chi connectivity index (χ4v) is 2.05. The number of ether oxygens (including phenoxy) is 2. The molecular weight excluding hydrogens is 312 g/mol. The highest BCUT2D eigenvalue weighted by atomic mass is 32.1. The maximum Gasteiger partial charge on any atom is 0.264 e. The van der Waals surface area contributed by atoms with Crippen molar-refractivity contribution < 1.29 is 14.3 Å². The SMILES string of the molecule is COc1ccccc1OCC(=O)NC(=S)NCc1ccccc1. The topological polar surface area (TPSA) is 59.6 Å². The van der Waals surface area contributed by atoms with Crippen LogP contribution in [-0.4, -0.2) is 24.7 Å². The molecule has 120 valence electrons. The highest BCUT2D eigenvalue weighted by Gasteiger charge is 2.08. The highest BCUT2D eigenvalue weighted by molar-refractivity contribution is 7.80. The van der Waals surface area contributed by atoms with Crippen LogP contribution in [0.15, 0.2) is 54.6 Å². The van der Waals surface area contributed by atoms with Crippen LogP contribution in [0.3, 0.4) is 0 Å². The van der Waals surface area contributed by atoms with Crippen LogP contribution in [0.25, 0.3) is 0 Å². The number of thiocarbonyl (C=S) groups is 1. The largest absolute Gasteiger partial charge is 0.493 e. The Balaban J connectivity index is 1.75. The van der Waals surface area contributed by atoms with Gasteiger partial charge < -0.3 is 20.1 Å². The van der Waals surface area contributed by atoms with Gasteiger partial charge in [-0.25, -0.2) is 0 Å². The Morgan fingerprint density at radius 3 is 2.39 bits per heavy atom. The number of hydrogen-bond acceptors (Lipinski definition) is 4. The van der Waals surface area contributed by atoms with Gasteiger partial charge >= 0.3 is 0 Å². The Morgan fingerprint density at radius 2 is 1.70 bits per heavy atom. The van der Waals surface area contributed by atoms with Gasteiger partial charge in [-0.05, 0) is 29.9 Å². The standard InChI is InChI=1S/C17H18N2O3S/c1-21-14-9-5-6-10-15(14)22-12-16(20)19-17(23)18-11-13-7-3-2-4-8-13/h2-10H,11-12H2,1H3,(H2,18,19,20,23). The summed E-state index contributed by atoms with van der Waals surface area (Å²) in [5, 5.41) is 5.81. The monoisotopic (exact) mass is 330 g/mol. The van der Waals surface area contributed by atoms with Crippen LogP contribution < -0.4 is 20.1 Å². The van der Waals surface area contributed by atoms with E-state index in [4.69, 9.17) is 21.7 Å². The molecule has 23 heavy (non-hydrogen) atoms. The molecule has 0 unspecified atom stereocenters. The Kier molecular flexibility index (Phi) is 6.38. The van der Waals surface area contributed by atoms with Crippen molar-refractivity contribution in [1.82, 2.24) is 10.6 Å². The molecule has 2 aromatic rings. The lowest BCUT2D eigenvalue weighted by molar-refractivity contribution is -0.121. The molecular formula is C17H18N2O3S. The van der Waals surface area contributed by atoms with Gasteiger partial charge in [0.2, 0.25) is 0 Å². The number of benzene rings is 2. The second kappa shape index (κ2) is 8.75. The summed E-state index contributed by atoms with van der Waals surface area (Å²) in [6.45, 7) is 0.404. The zero-order valence-electron chi connectivity index (χ0n) is 12.7. The predicted octanol–water partition coefficient (Wildman–Crippen LogP) is 2.26. The zero-order chi connectivity index (χ0) is 16.5. The van der Waals surface area contributed by atoms with E-state index in [9.17, 15) is 4.79 Å². The van der Waals surface area contributed by atoms with E-state index in [2.05, 4.69) is 10.6 Å². The van der Waals surface area contributed by atoms with Crippen LogP contribution in [0, 0.1) is 0 Å². The third-order valence-electron chi connectivity index (χ3n) is 2.98. The first-order valence-electron chi connectivity index (χ1n) is 7.06. The summed E-state index contributed by atoms with van der Waals surface area (Å²) in [5.41, 5.74) is 1.08. The summed E-state index contributed by atoms with van der Waals surface area (Å²) >= 11 is 5.09. The lowest BCUT2D eigenvalue weighted by Crippen LogP contribution is -2.41. The molecule has 0 radical (unpaired) electrons. The smallest absolute Gasteiger partial charge is 0.264 e. The first-order chi connectivity index (χ1) is 11.2. The first-order valence-corrected chi connectivity index (χ1v) is 7.47. The maximum atomic E-state index is 11.8. The fourth-order valence-electron chi connectivity index (χ4n) is 1.87. The third kappa shape index (κ3) is 5.60. The summed E-state index contributed by atoms with van der Waals surface area (Å²) in [6.07, 6.45) is 0. The number of rotatable bonds is 6. The van der Waals surface area contributed by atoms with Gasteiger partial charge in [0, 0.05) is 6.54 Å². The molecule has 0 saturated heterocycles. The second-order valence-corrected chi connectivity index (χ2v) is 5.06.